The van der Waals surface area contributed by atoms with Gasteiger partial charge in [-0.2, -0.15) is 0 Å². The van der Waals surface area contributed by atoms with Gasteiger partial charge >= 0.3 is 7.12 Å². The summed E-state index contributed by atoms with van der Waals surface area (Å²) in [5.74, 6) is 1.37. The van der Waals surface area contributed by atoms with E-state index < -0.39 is 7.12 Å². The van der Waals surface area contributed by atoms with Crippen LogP contribution in [0.1, 0.15) is 25.7 Å². The maximum absolute atomic E-state index is 8.63. The highest BCUT2D eigenvalue weighted by Crippen LogP contribution is 2.32. The highest BCUT2D eigenvalue weighted by Gasteiger charge is 2.23. The molecule has 0 bridgehead atoms. The Labute approximate surface area is 247 Å². The largest absolute Gasteiger partial charge is 0.488 e. The van der Waals surface area contributed by atoms with E-state index in [1.54, 1.807) is 24.3 Å². The first kappa shape index (κ1) is 29.6. The smallest absolute Gasteiger partial charge is 0.423 e. The molecule has 4 aromatic rings. The molecule has 2 aliphatic carbocycles. The normalized spacial score (nSPS) is 13.7. The summed E-state index contributed by atoms with van der Waals surface area (Å²) < 4.78 is 0. The van der Waals surface area contributed by atoms with Crippen molar-refractivity contribution in [2.24, 2.45) is 0 Å². The number of aromatic nitrogens is 4. The zero-order valence-electron chi connectivity index (χ0n) is 21.3. The lowest BCUT2D eigenvalue weighted by molar-refractivity contribution is 0.426. The van der Waals surface area contributed by atoms with Gasteiger partial charge in [0.1, 0.15) is 24.0 Å². The van der Waals surface area contributed by atoms with Crippen LogP contribution in [-0.4, -0.2) is 49.2 Å². The molecule has 0 aliphatic heterocycles. The number of nitrogens with one attached hydrogen (secondary N) is 2. The lowest BCUT2D eigenvalue weighted by Crippen LogP contribution is -2.29. The lowest BCUT2D eigenvalue weighted by atomic mass is 9.81. The van der Waals surface area contributed by atoms with Crippen LogP contribution in [0.15, 0.2) is 61.2 Å². The molecule has 2 aromatic heterocycles. The van der Waals surface area contributed by atoms with E-state index in [1.165, 1.54) is 38.3 Å². The van der Waals surface area contributed by atoms with E-state index in [0.29, 0.717) is 49.9 Å². The van der Waals surface area contributed by atoms with Gasteiger partial charge in [0.15, 0.2) is 16.8 Å². The van der Waals surface area contributed by atoms with Gasteiger partial charge in [-0.3, -0.25) is 0 Å². The van der Waals surface area contributed by atoms with E-state index in [0.717, 1.165) is 17.1 Å². The van der Waals surface area contributed by atoms with Crippen molar-refractivity contribution in [2.75, 3.05) is 22.1 Å². The minimum Gasteiger partial charge on any atom is -0.423 e. The zero-order chi connectivity index (χ0) is 28.6. The Bertz CT molecular complexity index is 1410. The van der Waals surface area contributed by atoms with Crippen LogP contribution in [0.2, 0.25) is 15.2 Å². The summed E-state index contributed by atoms with van der Waals surface area (Å²) >= 11 is 17.1. The van der Waals surface area contributed by atoms with Crippen LogP contribution in [0, 0.1) is 0 Å². The fourth-order valence-electron chi connectivity index (χ4n) is 3.31. The molecule has 208 valence electrons. The van der Waals surface area contributed by atoms with Gasteiger partial charge in [-0.15, -0.1) is 0 Å². The predicted octanol–water partition coefficient (Wildman–Crippen LogP) is 4.26. The summed E-state index contributed by atoms with van der Waals surface area (Å²) in [6, 6.07) is 14.8. The molecule has 0 unspecified atom stereocenters. The predicted molar refractivity (Wildman–Crippen MR) is 163 cm³/mol. The summed E-state index contributed by atoms with van der Waals surface area (Å²) in [4.78, 5) is 16.2. The molecular weight excluding hydrogens is 574 g/mol. The minimum absolute atomic E-state index is 0.313. The van der Waals surface area contributed by atoms with E-state index in [9.17, 15) is 0 Å². The van der Waals surface area contributed by atoms with Crippen LogP contribution in [0.5, 0.6) is 0 Å². The van der Waals surface area contributed by atoms with Gasteiger partial charge in [-0.1, -0.05) is 59.1 Å². The molecule has 2 heterocycles. The molecule has 0 spiro atoms. The second kappa shape index (κ2) is 13.8. The van der Waals surface area contributed by atoms with Crippen LogP contribution in [-0.2, 0) is 0 Å². The quantitative estimate of drug-likeness (QED) is 0.139. The molecular formula is C26H28BCl3N8O2. The van der Waals surface area contributed by atoms with Crippen molar-refractivity contribution in [3.63, 3.8) is 0 Å². The van der Waals surface area contributed by atoms with Crippen LogP contribution >= 0.6 is 34.8 Å². The first-order valence-corrected chi connectivity index (χ1v) is 13.6. The summed E-state index contributed by atoms with van der Waals surface area (Å²) in [5, 5.41) is 25.3. The molecule has 2 aromatic carbocycles. The Kier molecular flexibility index (Phi) is 10.2. The van der Waals surface area contributed by atoms with E-state index in [4.69, 9.17) is 56.3 Å². The molecule has 0 amide bonds. The molecule has 2 aliphatic rings. The SMILES string of the molecule is Nc1c(Cl)ncnc1NC1CC1.Nc1c(NC2CC2)ncnc1-c1ccc(Cl)cc1.OB(O)c1ccc(Cl)cc1. The van der Waals surface area contributed by atoms with Gasteiger partial charge < -0.3 is 32.1 Å². The first-order chi connectivity index (χ1) is 19.2. The second-order valence-electron chi connectivity index (χ2n) is 9.18. The number of nitrogen functional groups attached to an aromatic ring is 2. The summed E-state index contributed by atoms with van der Waals surface area (Å²) in [7, 11) is -1.41. The fraction of sp³-hybridized carbons (Fsp3) is 0.231. The number of nitrogens with two attached hydrogens (primary N) is 2. The minimum atomic E-state index is -1.41. The molecule has 0 radical (unpaired) electrons. The summed E-state index contributed by atoms with van der Waals surface area (Å²) in [6.07, 6.45) is 7.66. The maximum Gasteiger partial charge on any atom is 0.488 e. The molecule has 0 atom stereocenters. The van der Waals surface area contributed by atoms with Crippen molar-refractivity contribution in [3.05, 3.63) is 76.4 Å². The highest BCUT2D eigenvalue weighted by molar-refractivity contribution is 6.58. The third-order valence-corrected chi connectivity index (χ3v) is 6.65. The van der Waals surface area contributed by atoms with Crippen LogP contribution < -0.4 is 27.6 Å². The monoisotopic (exact) mass is 600 g/mol. The molecule has 0 saturated heterocycles. The van der Waals surface area contributed by atoms with Gasteiger partial charge in [0, 0.05) is 27.7 Å². The maximum atomic E-state index is 8.63. The molecule has 6 rings (SSSR count). The van der Waals surface area contributed by atoms with E-state index in [1.807, 2.05) is 24.3 Å². The average Bonchev–Trinajstić information content (AvgIpc) is 3.87. The Balaban J connectivity index is 0.000000147. The average molecular weight is 602 g/mol. The number of anilines is 4. The third kappa shape index (κ3) is 8.83. The second-order valence-corrected chi connectivity index (χ2v) is 10.4. The molecule has 14 heteroatoms. The third-order valence-electron chi connectivity index (χ3n) is 5.84. The zero-order valence-corrected chi connectivity index (χ0v) is 23.6. The number of benzene rings is 2. The van der Waals surface area contributed by atoms with Gasteiger partial charge in [0.05, 0.1) is 5.69 Å². The van der Waals surface area contributed by atoms with Crippen molar-refractivity contribution in [1.29, 1.82) is 0 Å². The number of hydrogen-bond acceptors (Lipinski definition) is 10. The van der Waals surface area contributed by atoms with Crippen molar-refractivity contribution in [1.82, 2.24) is 19.9 Å². The van der Waals surface area contributed by atoms with Gasteiger partial charge in [0.2, 0.25) is 0 Å². The van der Waals surface area contributed by atoms with E-state index in [2.05, 4.69) is 30.6 Å². The number of nitrogens with zero attached hydrogens (tertiary/aromatic N) is 4. The molecule has 2 fully saturated rings. The van der Waals surface area contributed by atoms with Crippen molar-refractivity contribution in [2.45, 2.75) is 37.8 Å². The molecule has 40 heavy (non-hydrogen) atoms. The van der Waals surface area contributed by atoms with Crippen LogP contribution in [0.4, 0.5) is 23.0 Å². The van der Waals surface area contributed by atoms with Crippen molar-refractivity contribution >= 4 is 70.4 Å². The van der Waals surface area contributed by atoms with Gasteiger partial charge in [0.25, 0.3) is 0 Å². The number of halogens is 3. The van der Waals surface area contributed by atoms with Crippen molar-refractivity contribution < 1.29 is 10.0 Å². The van der Waals surface area contributed by atoms with Crippen LogP contribution in [0.3, 0.4) is 0 Å². The van der Waals surface area contributed by atoms with Gasteiger partial charge in [-0.25, -0.2) is 19.9 Å². The Hall–Kier alpha value is -3.35. The Morgan fingerprint density at radius 3 is 1.65 bits per heavy atom. The topological polar surface area (TPSA) is 168 Å². The molecule has 10 nitrogen and oxygen atoms in total. The van der Waals surface area contributed by atoms with Gasteiger partial charge in [-0.05, 0) is 55.4 Å². The molecule has 8 N–H and O–H groups in total. The summed E-state index contributed by atoms with van der Waals surface area (Å²) in [5.41, 5.74) is 14.9. The van der Waals surface area contributed by atoms with E-state index >= 15 is 0 Å². The number of hydrogen-bond donors (Lipinski definition) is 6. The molecule has 2 saturated carbocycles. The summed E-state index contributed by atoms with van der Waals surface area (Å²) in [6.45, 7) is 0. The van der Waals surface area contributed by atoms with Crippen LogP contribution in [0.25, 0.3) is 11.3 Å². The Morgan fingerprint density at radius 2 is 1.15 bits per heavy atom. The standard InChI is InChI=1S/C13H13ClN4.C7H9ClN4.C6H6BClO2/c14-9-3-1-8(2-4-9)12-11(15)13(17-7-16-12)18-10-5-6-10;8-6-5(9)7(11-3-10-6)12-4-1-2-4;8-6-3-1-5(2-4-6)7(9)10/h1-4,7,10H,5-6,15H2,(H,16,17,18);3-4H,1-2,9H2,(H,10,11,12);1-4,9-10H. The lowest BCUT2D eigenvalue weighted by Gasteiger charge is -2.10. The van der Waals surface area contributed by atoms with E-state index in [-0.39, 0.29) is 0 Å². The fourth-order valence-corrected chi connectivity index (χ4v) is 3.70. The Morgan fingerprint density at radius 1 is 0.675 bits per heavy atom. The number of rotatable bonds is 6. The highest BCUT2D eigenvalue weighted by atomic mass is 35.5. The van der Waals surface area contributed by atoms with Crippen molar-refractivity contribution in [3.8, 4) is 11.3 Å². The first-order valence-electron chi connectivity index (χ1n) is 12.5.